The molecular formula is C10H16N4O3S. The number of aromatic nitrogens is 2. The zero-order valence-corrected chi connectivity index (χ0v) is 11.1. The molecule has 1 rings (SSSR count). The number of sulfonamides is 1. The summed E-state index contributed by atoms with van der Waals surface area (Å²) >= 11 is 0. The van der Waals surface area contributed by atoms with Crippen molar-refractivity contribution in [2.75, 3.05) is 12.3 Å². The molecule has 0 fully saturated rings. The molecule has 18 heavy (non-hydrogen) atoms. The lowest BCUT2D eigenvalue weighted by Gasteiger charge is -2.07. The molecule has 0 atom stereocenters. The molecule has 1 amide bonds. The molecule has 3 N–H and O–H groups in total. The van der Waals surface area contributed by atoms with Crippen LogP contribution in [0, 0.1) is 6.92 Å². The van der Waals surface area contributed by atoms with E-state index in [1.54, 1.807) is 13.0 Å². The van der Waals surface area contributed by atoms with Gasteiger partial charge in [-0.2, -0.15) is 10.2 Å². The molecule has 1 heterocycles. The normalized spacial score (nSPS) is 11.3. The fourth-order valence-corrected chi connectivity index (χ4v) is 1.76. The van der Waals surface area contributed by atoms with Crippen molar-refractivity contribution in [2.45, 2.75) is 20.3 Å². The Morgan fingerprint density at radius 2 is 2.11 bits per heavy atom. The van der Waals surface area contributed by atoms with Gasteiger partial charge in [0.1, 0.15) is 0 Å². The molecule has 0 aliphatic heterocycles. The van der Waals surface area contributed by atoms with Crippen LogP contribution >= 0.6 is 0 Å². The minimum Gasteiger partial charge on any atom is -0.351 e. The highest BCUT2D eigenvalue weighted by atomic mass is 32.2. The van der Waals surface area contributed by atoms with E-state index in [-0.39, 0.29) is 18.2 Å². The van der Waals surface area contributed by atoms with Crippen molar-refractivity contribution >= 4 is 15.9 Å². The molecule has 0 aliphatic rings. The molecule has 1 aromatic heterocycles. The van der Waals surface area contributed by atoms with Crippen molar-refractivity contribution in [2.24, 2.45) is 5.14 Å². The first-order chi connectivity index (χ1) is 8.33. The van der Waals surface area contributed by atoms with Crippen molar-refractivity contribution in [3.05, 3.63) is 23.0 Å². The Balaban J connectivity index is 2.75. The summed E-state index contributed by atoms with van der Waals surface area (Å²) in [6, 6.07) is 1.62. The molecule has 0 unspecified atom stereocenters. The third kappa shape index (κ3) is 4.38. The number of hydrogen-bond acceptors (Lipinski definition) is 5. The maximum atomic E-state index is 11.8. The summed E-state index contributed by atoms with van der Waals surface area (Å²) in [6.07, 6.45) is 0.575. The fourth-order valence-electron chi connectivity index (χ4n) is 1.37. The van der Waals surface area contributed by atoms with Crippen LogP contribution in [0.1, 0.15) is 28.7 Å². The summed E-state index contributed by atoms with van der Waals surface area (Å²) in [5.41, 5.74) is 1.62. The van der Waals surface area contributed by atoms with Gasteiger partial charge in [-0.1, -0.05) is 6.92 Å². The number of aryl methyl sites for hydroxylation is 2. The number of rotatable bonds is 5. The second-order valence-electron chi connectivity index (χ2n) is 3.82. The number of primary sulfonamides is 1. The van der Waals surface area contributed by atoms with Gasteiger partial charge in [0.15, 0.2) is 0 Å². The molecule has 0 aliphatic carbocycles. The summed E-state index contributed by atoms with van der Waals surface area (Å²) in [5, 5.41) is 15.1. The van der Waals surface area contributed by atoms with E-state index in [9.17, 15) is 13.2 Å². The second kappa shape index (κ2) is 5.87. The molecule has 8 heteroatoms. The molecular weight excluding hydrogens is 256 g/mol. The maximum Gasteiger partial charge on any atom is 0.253 e. The van der Waals surface area contributed by atoms with Crippen LogP contribution in [0.15, 0.2) is 6.07 Å². The molecule has 0 saturated heterocycles. The highest BCUT2D eigenvalue weighted by Gasteiger charge is 2.13. The van der Waals surface area contributed by atoms with E-state index in [0.29, 0.717) is 23.4 Å². The standard InChI is InChI=1S/C10H16N4O3S/c1-3-9-8(6-7(2)13-14-9)10(15)12-4-5-18(11,16)17/h6H,3-5H2,1-2H3,(H,12,15)(H2,11,16,17). The Labute approximate surface area is 106 Å². The molecule has 0 radical (unpaired) electrons. The Bertz CT molecular complexity index is 542. The van der Waals surface area contributed by atoms with Crippen molar-refractivity contribution < 1.29 is 13.2 Å². The number of nitrogens with one attached hydrogen (secondary N) is 1. The second-order valence-corrected chi connectivity index (χ2v) is 5.56. The first kappa shape index (κ1) is 14.5. The minimum atomic E-state index is -3.57. The molecule has 7 nitrogen and oxygen atoms in total. The van der Waals surface area contributed by atoms with Crippen LogP contribution in [-0.2, 0) is 16.4 Å². The summed E-state index contributed by atoms with van der Waals surface area (Å²) in [5.74, 6) is -0.661. The predicted molar refractivity (Wildman–Crippen MR) is 66.5 cm³/mol. The van der Waals surface area contributed by atoms with E-state index in [1.807, 2.05) is 6.92 Å². The van der Waals surface area contributed by atoms with E-state index in [4.69, 9.17) is 5.14 Å². The minimum absolute atomic E-state index is 0.0256. The SMILES string of the molecule is CCc1nnc(C)cc1C(=O)NCCS(N)(=O)=O. The quantitative estimate of drug-likeness (QED) is 0.740. The summed E-state index contributed by atoms with van der Waals surface area (Å²) < 4.78 is 21.5. The zero-order valence-electron chi connectivity index (χ0n) is 10.3. The van der Waals surface area contributed by atoms with E-state index >= 15 is 0 Å². The monoisotopic (exact) mass is 272 g/mol. The van der Waals surface area contributed by atoms with Crippen molar-refractivity contribution in [1.82, 2.24) is 15.5 Å². The summed E-state index contributed by atoms with van der Waals surface area (Å²) in [6.45, 7) is 3.57. The lowest BCUT2D eigenvalue weighted by molar-refractivity contribution is 0.0954. The van der Waals surface area contributed by atoms with Crippen LogP contribution in [0.5, 0.6) is 0 Å². The number of carbonyl (C=O) groups excluding carboxylic acids is 1. The van der Waals surface area contributed by atoms with E-state index in [0.717, 1.165) is 0 Å². The number of nitrogens with zero attached hydrogens (tertiary/aromatic N) is 2. The third-order valence-electron chi connectivity index (χ3n) is 2.24. The number of carbonyl (C=O) groups is 1. The molecule has 0 aromatic carbocycles. The Hall–Kier alpha value is -1.54. The predicted octanol–water partition coefficient (Wildman–Crippen LogP) is -0.634. The Morgan fingerprint density at radius 1 is 1.44 bits per heavy atom. The van der Waals surface area contributed by atoms with Crippen LogP contribution in [0.4, 0.5) is 0 Å². The lowest BCUT2D eigenvalue weighted by atomic mass is 10.1. The Kier molecular flexibility index (Phi) is 4.74. The molecule has 0 saturated carbocycles. The lowest BCUT2D eigenvalue weighted by Crippen LogP contribution is -2.32. The molecule has 1 aromatic rings. The van der Waals surface area contributed by atoms with Gasteiger partial charge < -0.3 is 5.32 Å². The van der Waals surface area contributed by atoms with Gasteiger partial charge in [-0.05, 0) is 19.4 Å². The van der Waals surface area contributed by atoms with Crippen LogP contribution in [0.25, 0.3) is 0 Å². The van der Waals surface area contributed by atoms with Crippen LogP contribution in [0.3, 0.4) is 0 Å². The van der Waals surface area contributed by atoms with Crippen molar-refractivity contribution in [1.29, 1.82) is 0 Å². The summed E-state index contributed by atoms with van der Waals surface area (Å²) in [7, 11) is -3.57. The number of amides is 1. The molecule has 100 valence electrons. The van der Waals surface area contributed by atoms with Gasteiger partial charge in [-0.3, -0.25) is 4.79 Å². The summed E-state index contributed by atoms with van der Waals surface area (Å²) in [4.78, 5) is 11.8. The van der Waals surface area contributed by atoms with Crippen LogP contribution < -0.4 is 10.5 Å². The largest absolute Gasteiger partial charge is 0.351 e. The van der Waals surface area contributed by atoms with Gasteiger partial charge in [0.05, 0.1) is 22.7 Å². The van der Waals surface area contributed by atoms with E-state index < -0.39 is 10.0 Å². The van der Waals surface area contributed by atoms with Crippen molar-refractivity contribution in [3.8, 4) is 0 Å². The number of nitrogens with two attached hydrogens (primary N) is 1. The van der Waals surface area contributed by atoms with Gasteiger partial charge in [0, 0.05) is 6.54 Å². The Morgan fingerprint density at radius 3 is 2.67 bits per heavy atom. The van der Waals surface area contributed by atoms with E-state index in [2.05, 4.69) is 15.5 Å². The first-order valence-corrected chi connectivity index (χ1v) is 7.17. The van der Waals surface area contributed by atoms with Gasteiger partial charge in [0.2, 0.25) is 10.0 Å². The number of hydrogen-bond donors (Lipinski definition) is 2. The fraction of sp³-hybridized carbons (Fsp3) is 0.500. The highest BCUT2D eigenvalue weighted by Crippen LogP contribution is 2.07. The van der Waals surface area contributed by atoms with Crippen molar-refractivity contribution in [3.63, 3.8) is 0 Å². The van der Waals surface area contributed by atoms with Crippen LogP contribution in [0.2, 0.25) is 0 Å². The average molecular weight is 272 g/mol. The van der Waals surface area contributed by atoms with E-state index in [1.165, 1.54) is 0 Å². The molecule has 0 spiro atoms. The van der Waals surface area contributed by atoms with Crippen LogP contribution in [-0.4, -0.2) is 36.8 Å². The topological polar surface area (TPSA) is 115 Å². The smallest absolute Gasteiger partial charge is 0.253 e. The molecule has 0 bridgehead atoms. The van der Waals surface area contributed by atoms with Gasteiger partial charge in [-0.25, -0.2) is 13.6 Å². The highest BCUT2D eigenvalue weighted by molar-refractivity contribution is 7.89. The average Bonchev–Trinajstić information content (AvgIpc) is 2.27. The maximum absolute atomic E-state index is 11.8. The van der Waals surface area contributed by atoms with Gasteiger partial charge in [-0.15, -0.1) is 0 Å². The zero-order chi connectivity index (χ0) is 13.8. The third-order valence-corrected chi connectivity index (χ3v) is 3.02. The van der Waals surface area contributed by atoms with Gasteiger partial charge in [0.25, 0.3) is 5.91 Å². The van der Waals surface area contributed by atoms with Gasteiger partial charge >= 0.3 is 0 Å². The first-order valence-electron chi connectivity index (χ1n) is 5.45.